The first-order valence-corrected chi connectivity index (χ1v) is 10.3. The van der Waals surface area contributed by atoms with Gasteiger partial charge in [0.05, 0.1) is 6.26 Å². The predicted molar refractivity (Wildman–Crippen MR) is 111 cm³/mol. The Morgan fingerprint density at radius 3 is 2.14 bits per heavy atom. The highest BCUT2D eigenvalue weighted by Gasteiger charge is 2.25. The lowest BCUT2D eigenvalue weighted by molar-refractivity contribution is -0.131. The van der Waals surface area contributed by atoms with Gasteiger partial charge in [0.25, 0.3) is 5.91 Å². The van der Waals surface area contributed by atoms with E-state index in [4.69, 9.17) is 4.42 Å². The molecular weight excluding hydrogens is 368 g/mol. The molecule has 0 N–H and O–H groups in total. The molecule has 1 aromatic heterocycles. The molecule has 29 heavy (non-hydrogen) atoms. The number of hydrogen-bond donors (Lipinski definition) is 0. The minimum Gasteiger partial charge on any atom is -0.459 e. The van der Waals surface area contributed by atoms with Crippen molar-refractivity contribution in [2.45, 2.75) is 6.42 Å². The monoisotopic (exact) mass is 396 g/mol. The summed E-state index contributed by atoms with van der Waals surface area (Å²) in [5.41, 5.74) is 1.22. The van der Waals surface area contributed by atoms with Crippen molar-refractivity contribution in [1.82, 2.24) is 14.7 Å². The van der Waals surface area contributed by atoms with Crippen molar-refractivity contribution in [3.8, 4) is 0 Å². The van der Waals surface area contributed by atoms with Crippen LogP contribution in [0.5, 0.6) is 0 Å². The predicted octanol–water partition coefficient (Wildman–Crippen LogP) is 1.78. The van der Waals surface area contributed by atoms with Crippen LogP contribution in [0.15, 0.2) is 53.1 Å². The fourth-order valence-corrected chi connectivity index (χ4v) is 4.00. The van der Waals surface area contributed by atoms with Crippen LogP contribution in [0.25, 0.3) is 0 Å². The highest BCUT2D eigenvalue weighted by Crippen LogP contribution is 2.16. The molecule has 0 spiro atoms. The summed E-state index contributed by atoms with van der Waals surface area (Å²) in [6.45, 7) is 6.99. The zero-order chi connectivity index (χ0) is 20.1. The van der Waals surface area contributed by atoms with Crippen LogP contribution in [0, 0.1) is 0 Å². The van der Waals surface area contributed by atoms with Gasteiger partial charge in [0.2, 0.25) is 5.91 Å². The average Bonchev–Trinajstić information content (AvgIpc) is 3.33. The van der Waals surface area contributed by atoms with Gasteiger partial charge in [-0.2, -0.15) is 0 Å². The van der Waals surface area contributed by atoms with Gasteiger partial charge >= 0.3 is 0 Å². The van der Waals surface area contributed by atoms with Gasteiger partial charge in [0.15, 0.2) is 5.76 Å². The summed E-state index contributed by atoms with van der Waals surface area (Å²) < 4.78 is 5.20. The van der Waals surface area contributed by atoms with Gasteiger partial charge in [-0.15, -0.1) is 0 Å². The number of carbonyl (C=O) groups is 2. The third-order valence-corrected chi connectivity index (χ3v) is 5.79. The summed E-state index contributed by atoms with van der Waals surface area (Å²) in [5.74, 6) is 0.567. The number of rotatable bonds is 5. The molecule has 0 bridgehead atoms. The molecule has 2 aliphatic rings. The van der Waals surface area contributed by atoms with E-state index < -0.39 is 0 Å². The summed E-state index contributed by atoms with van der Waals surface area (Å²) in [7, 11) is 0. The second-order valence-electron chi connectivity index (χ2n) is 7.56. The molecule has 0 saturated carbocycles. The van der Waals surface area contributed by atoms with E-state index in [-0.39, 0.29) is 11.8 Å². The van der Waals surface area contributed by atoms with Crippen molar-refractivity contribution in [3.05, 3.63) is 54.5 Å². The number of nitrogens with zero attached hydrogens (tertiary/aromatic N) is 4. The Hall–Kier alpha value is -2.80. The molecule has 2 aromatic rings. The molecule has 2 fully saturated rings. The zero-order valence-electron chi connectivity index (χ0n) is 16.7. The lowest BCUT2D eigenvalue weighted by Crippen LogP contribution is -2.51. The Morgan fingerprint density at radius 2 is 1.48 bits per heavy atom. The summed E-state index contributed by atoms with van der Waals surface area (Å²) in [6.07, 6.45) is 2.06. The Kier molecular flexibility index (Phi) is 6.14. The maximum absolute atomic E-state index is 12.6. The number of carbonyl (C=O) groups excluding carboxylic acids is 2. The number of benzene rings is 1. The highest BCUT2D eigenvalue weighted by atomic mass is 16.3. The van der Waals surface area contributed by atoms with Crippen molar-refractivity contribution in [1.29, 1.82) is 0 Å². The molecule has 7 heteroatoms. The van der Waals surface area contributed by atoms with Gasteiger partial charge in [0, 0.05) is 71.0 Å². The van der Waals surface area contributed by atoms with Crippen LogP contribution in [0.2, 0.25) is 0 Å². The maximum Gasteiger partial charge on any atom is 0.289 e. The molecule has 0 aliphatic carbocycles. The number of para-hydroxylation sites is 1. The highest BCUT2D eigenvalue weighted by molar-refractivity contribution is 5.91. The van der Waals surface area contributed by atoms with Crippen molar-refractivity contribution in [3.63, 3.8) is 0 Å². The van der Waals surface area contributed by atoms with E-state index in [0.717, 1.165) is 45.8 Å². The van der Waals surface area contributed by atoms with Crippen LogP contribution in [0.3, 0.4) is 0 Å². The lowest BCUT2D eigenvalue weighted by atomic mass is 10.2. The molecule has 2 amide bonds. The van der Waals surface area contributed by atoms with E-state index in [9.17, 15) is 9.59 Å². The van der Waals surface area contributed by atoms with E-state index in [0.29, 0.717) is 25.3 Å². The molecule has 154 valence electrons. The fourth-order valence-electron chi connectivity index (χ4n) is 4.00. The van der Waals surface area contributed by atoms with Crippen LogP contribution >= 0.6 is 0 Å². The van der Waals surface area contributed by atoms with Gasteiger partial charge in [-0.05, 0) is 24.3 Å². The van der Waals surface area contributed by atoms with Crippen molar-refractivity contribution >= 4 is 17.5 Å². The maximum atomic E-state index is 12.6. The smallest absolute Gasteiger partial charge is 0.289 e. The summed E-state index contributed by atoms with van der Waals surface area (Å²) >= 11 is 0. The van der Waals surface area contributed by atoms with Crippen LogP contribution in [-0.4, -0.2) is 85.4 Å². The first kappa shape index (κ1) is 19.5. The quantitative estimate of drug-likeness (QED) is 0.771. The van der Waals surface area contributed by atoms with Crippen LogP contribution < -0.4 is 4.90 Å². The molecule has 0 radical (unpaired) electrons. The number of piperazine rings is 2. The minimum absolute atomic E-state index is 0.0537. The zero-order valence-corrected chi connectivity index (χ0v) is 16.7. The van der Waals surface area contributed by atoms with E-state index in [1.54, 1.807) is 12.1 Å². The van der Waals surface area contributed by atoms with Gasteiger partial charge in [-0.1, -0.05) is 18.2 Å². The lowest BCUT2D eigenvalue weighted by Gasteiger charge is -2.37. The number of furan rings is 1. The van der Waals surface area contributed by atoms with E-state index in [2.05, 4.69) is 34.1 Å². The van der Waals surface area contributed by atoms with Crippen LogP contribution in [0.4, 0.5) is 5.69 Å². The molecule has 3 heterocycles. The Bertz CT molecular complexity index is 793. The van der Waals surface area contributed by atoms with Gasteiger partial charge in [-0.25, -0.2) is 0 Å². The minimum atomic E-state index is -0.0537. The SMILES string of the molecule is O=C(CCN1CCN(C(=O)c2ccco2)CC1)N1CCN(c2ccccc2)CC1. The normalized spacial score (nSPS) is 18.1. The molecule has 4 rings (SSSR count). The standard InChI is InChI=1S/C22H28N4O3/c27-21(25-16-14-24(15-17-25)19-5-2-1-3-6-19)8-9-23-10-12-26(13-11-23)22(28)20-7-4-18-29-20/h1-7,18H,8-17H2. The van der Waals surface area contributed by atoms with E-state index >= 15 is 0 Å². The van der Waals surface area contributed by atoms with Gasteiger partial charge < -0.3 is 19.1 Å². The molecule has 2 aliphatic heterocycles. The molecular formula is C22H28N4O3. The first-order valence-electron chi connectivity index (χ1n) is 10.3. The van der Waals surface area contributed by atoms with Gasteiger partial charge in [0.1, 0.15) is 0 Å². The molecule has 7 nitrogen and oxygen atoms in total. The number of amides is 2. The Labute approximate surface area is 171 Å². The second kappa shape index (κ2) is 9.13. The fraction of sp³-hybridized carbons (Fsp3) is 0.455. The Morgan fingerprint density at radius 1 is 0.793 bits per heavy atom. The third-order valence-electron chi connectivity index (χ3n) is 5.79. The van der Waals surface area contributed by atoms with Crippen LogP contribution in [-0.2, 0) is 4.79 Å². The first-order chi connectivity index (χ1) is 14.2. The van der Waals surface area contributed by atoms with Crippen molar-refractivity contribution in [2.75, 3.05) is 63.8 Å². The topological polar surface area (TPSA) is 60.2 Å². The van der Waals surface area contributed by atoms with Crippen LogP contribution in [0.1, 0.15) is 17.0 Å². The molecule has 0 atom stereocenters. The number of hydrogen-bond acceptors (Lipinski definition) is 5. The second-order valence-corrected chi connectivity index (χ2v) is 7.56. The average molecular weight is 396 g/mol. The van der Waals surface area contributed by atoms with Gasteiger partial charge in [-0.3, -0.25) is 14.5 Å². The Balaban J connectivity index is 1.17. The number of anilines is 1. The summed E-state index contributed by atoms with van der Waals surface area (Å²) in [5, 5.41) is 0. The molecule has 0 unspecified atom stereocenters. The molecule has 1 aromatic carbocycles. The summed E-state index contributed by atoms with van der Waals surface area (Å²) in [4.78, 5) is 33.3. The van der Waals surface area contributed by atoms with Crippen molar-refractivity contribution < 1.29 is 14.0 Å². The van der Waals surface area contributed by atoms with Crippen molar-refractivity contribution in [2.24, 2.45) is 0 Å². The molecule has 2 saturated heterocycles. The van der Waals surface area contributed by atoms with E-state index in [1.165, 1.54) is 12.0 Å². The third kappa shape index (κ3) is 4.79. The largest absolute Gasteiger partial charge is 0.459 e. The summed E-state index contributed by atoms with van der Waals surface area (Å²) in [6, 6.07) is 13.8. The van der Waals surface area contributed by atoms with E-state index in [1.807, 2.05) is 15.9 Å².